The molecule has 1 fully saturated rings. The highest BCUT2D eigenvalue weighted by atomic mass is 16.5. The summed E-state index contributed by atoms with van der Waals surface area (Å²) < 4.78 is 5.31. The van der Waals surface area contributed by atoms with Gasteiger partial charge < -0.3 is 15.0 Å². The van der Waals surface area contributed by atoms with Gasteiger partial charge in [0.05, 0.1) is 6.61 Å². The summed E-state index contributed by atoms with van der Waals surface area (Å²) in [6.45, 7) is 11.8. The van der Waals surface area contributed by atoms with Crippen LogP contribution in [0.3, 0.4) is 0 Å². The molecule has 19 heavy (non-hydrogen) atoms. The Morgan fingerprint density at radius 3 is 2.63 bits per heavy atom. The molecule has 4 nitrogen and oxygen atoms in total. The van der Waals surface area contributed by atoms with Crippen LogP contribution in [0.25, 0.3) is 0 Å². The number of likely N-dealkylation sites (tertiary alicyclic amines) is 1. The monoisotopic (exact) mass is 270 g/mol. The molecule has 1 unspecified atom stereocenters. The Hall–Kier alpha value is -0.610. The van der Waals surface area contributed by atoms with Crippen molar-refractivity contribution in [2.75, 3.05) is 26.2 Å². The van der Waals surface area contributed by atoms with E-state index in [-0.39, 0.29) is 5.97 Å². The third kappa shape index (κ3) is 4.46. The minimum Gasteiger partial charge on any atom is -0.465 e. The van der Waals surface area contributed by atoms with Crippen LogP contribution in [-0.4, -0.2) is 48.7 Å². The minimum atomic E-state index is -0.463. The lowest BCUT2D eigenvalue weighted by Gasteiger charge is -2.32. The van der Waals surface area contributed by atoms with E-state index in [2.05, 4.69) is 31.0 Å². The van der Waals surface area contributed by atoms with Gasteiger partial charge in [0.15, 0.2) is 0 Å². The van der Waals surface area contributed by atoms with Crippen molar-refractivity contribution in [2.45, 2.75) is 65.0 Å². The van der Waals surface area contributed by atoms with E-state index in [1.165, 1.54) is 0 Å². The van der Waals surface area contributed by atoms with E-state index in [0.29, 0.717) is 12.6 Å². The average molecular weight is 270 g/mol. The summed E-state index contributed by atoms with van der Waals surface area (Å²) in [4.78, 5) is 14.8. The maximum absolute atomic E-state index is 12.4. The second kappa shape index (κ2) is 7.85. The van der Waals surface area contributed by atoms with Crippen molar-refractivity contribution >= 4 is 5.97 Å². The molecule has 0 amide bonds. The van der Waals surface area contributed by atoms with E-state index >= 15 is 0 Å². The van der Waals surface area contributed by atoms with Crippen LogP contribution in [0.5, 0.6) is 0 Å². The summed E-state index contributed by atoms with van der Waals surface area (Å²) in [5.41, 5.74) is -0.463. The number of rotatable bonds is 6. The Bertz CT molecular complexity index is 281. The van der Waals surface area contributed by atoms with Crippen molar-refractivity contribution in [1.29, 1.82) is 0 Å². The number of ether oxygens (including phenoxy) is 1. The molecule has 0 aromatic heterocycles. The van der Waals surface area contributed by atoms with Crippen LogP contribution in [0, 0.1) is 0 Å². The van der Waals surface area contributed by atoms with Gasteiger partial charge in [-0.15, -0.1) is 0 Å². The van der Waals surface area contributed by atoms with Crippen LogP contribution < -0.4 is 5.32 Å². The molecule has 0 spiro atoms. The van der Waals surface area contributed by atoms with Crippen LogP contribution in [-0.2, 0) is 9.53 Å². The average Bonchev–Trinajstić information content (AvgIpc) is 2.60. The highest BCUT2D eigenvalue weighted by molar-refractivity contribution is 5.81. The molecule has 1 saturated heterocycles. The zero-order valence-electron chi connectivity index (χ0n) is 13.0. The van der Waals surface area contributed by atoms with E-state index in [1.54, 1.807) is 0 Å². The molecule has 112 valence electrons. The van der Waals surface area contributed by atoms with Gasteiger partial charge in [-0.1, -0.05) is 6.92 Å². The molecule has 1 heterocycles. The van der Waals surface area contributed by atoms with E-state index in [9.17, 15) is 4.79 Å². The number of hydrogen-bond donors (Lipinski definition) is 1. The zero-order valence-corrected chi connectivity index (χ0v) is 13.0. The lowest BCUT2D eigenvalue weighted by atomic mass is 9.90. The Morgan fingerprint density at radius 2 is 2.05 bits per heavy atom. The summed E-state index contributed by atoms with van der Waals surface area (Å²) in [5.74, 6) is -0.0611. The molecule has 1 rings (SSSR count). The molecule has 0 aromatic carbocycles. The van der Waals surface area contributed by atoms with Crippen molar-refractivity contribution in [3.63, 3.8) is 0 Å². The molecule has 0 aromatic rings. The van der Waals surface area contributed by atoms with Gasteiger partial charge in [0.2, 0.25) is 0 Å². The Labute approximate surface area is 117 Å². The summed E-state index contributed by atoms with van der Waals surface area (Å²) in [5, 5.41) is 3.47. The smallest absolute Gasteiger partial charge is 0.326 e. The number of carbonyl (C=O) groups is 1. The molecule has 1 atom stereocenters. The maximum Gasteiger partial charge on any atom is 0.326 e. The number of nitrogens with zero attached hydrogens (tertiary/aromatic N) is 1. The highest BCUT2D eigenvalue weighted by Gasteiger charge is 2.40. The van der Waals surface area contributed by atoms with E-state index in [1.807, 2.05) is 6.92 Å². The summed E-state index contributed by atoms with van der Waals surface area (Å²) >= 11 is 0. The predicted octanol–water partition coefficient (Wildman–Crippen LogP) is 2.18. The Balaban J connectivity index is 2.76. The highest BCUT2D eigenvalue weighted by Crippen LogP contribution is 2.25. The SMILES string of the molecule is CCCNC1(C(=O)OCC)CCCN(C(C)C)CC1. The molecule has 1 N–H and O–H groups in total. The fourth-order valence-corrected chi connectivity index (χ4v) is 2.76. The number of esters is 1. The quantitative estimate of drug-likeness (QED) is 0.751. The molecule has 4 heteroatoms. The summed E-state index contributed by atoms with van der Waals surface area (Å²) in [6.07, 6.45) is 3.82. The normalized spacial score (nSPS) is 25.3. The first-order chi connectivity index (χ1) is 9.05. The molecule has 1 aliphatic heterocycles. The van der Waals surface area contributed by atoms with Crippen LogP contribution in [0.1, 0.15) is 53.4 Å². The molecular formula is C15H30N2O2. The molecule has 0 radical (unpaired) electrons. The van der Waals surface area contributed by atoms with Crippen LogP contribution >= 0.6 is 0 Å². The largest absolute Gasteiger partial charge is 0.465 e. The van der Waals surface area contributed by atoms with Gasteiger partial charge in [-0.2, -0.15) is 0 Å². The lowest BCUT2D eigenvalue weighted by molar-refractivity contribution is -0.152. The van der Waals surface area contributed by atoms with Crippen LogP contribution in [0.15, 0.2) is 0 Å². The Kier molecular flexibility index (Phi) is 6.80. The fraction of sp³-hybridized carbons (Fsp3) is 0.933. The van der Waals surface area contributed by atoms with Gasteiger partial charge in [0.1, 0.15) is 5.54 Å². The number of nitrogens with one attached hydrogen (secondary N) is 1. The van der Waals surface area contributed by atoms with Gasteiger partial charge in [0, 0.05) is 12.6 Å². The van der Waals surface area contributed by atoms with Crippen molar-refractivity contribution in [3.8, 4) is 0 Å². The zero-order chi connectivity index (χ0) is 14.3. The van der Waals surface area contributed by atoms with Gasteiger partial charge in [-0.05, 0) is 59.5 Å². The fourth-order valence-electron chi connectivity index (χ4n) is 2.76. The first kappa shape index (κ1) is 16.4. The van der Waals surface area contributed by atoms with Gasteiger partial charge in [0.25, 0.3) is 0 Å². The molecule has 0 aliphatic carbocycles. The number of carbonyl (C=O) groups excluding carboxylic acids is 1. The van der Waals surface area contributed by atoms with Gasteiger partial charge in [-0.3, -0.25) is 4.79 Å². The maximum atomic E-state index is 12.4. The predicted molar refractivity (Wildman–Crippen MR) is 78.2 cm³/mol. The molecular weight excluding hydrogens is 240 g/mol. The molecule has 0 saturated carbocycles. The third-order valence-electron chi connectivity index (χ3n) is 3.98. The standard InChI is InChI=1S/C15H30N2O2/c1-5-10-16-15(14(18)19-6-2)8-7-11-17(12-9-15)13(3)4/h13,16H,5-12H2,1-4H3. The molecule has 0 bridgehead atoms. The Morgan fingerprint density at radius 1 is 1.32 bits per heavy atom. The van der Waals surface area contributed by atoms with Crippen molar-refractivity contribution < 1.29 is 9.53 Å². The van der Waals surface area contributed by atoms with Crippen LogP contribution in [0.2, 0.25) is 0 Å². The minimum absolute atomic E-state index is 0.0611. The first-order valence-electron chi connectivity index (χ1n) is 7.72. The second-order valence-corrected chi connectivity index (χ2v) is 5.71. The lowest BCUT2D eigenvalue weighted by Crippen LogP contribution is -2.53. The van der Waals surface area contributed by atoms with Gasteiger partial charge >= 0.3 is 5.97 Å². The topological polar surface area (TPSA) is 41.6 Å². The van der Waals surface area contributed by atoms with Crippen LogP contribution in [0.4, 0.5) is 0 Å². The summed E-state index contributed by atoms with van der Waals surface area (Å²) in [6, 6.07) is 0.546. The second-order valence-electron chi connectivity index (χ2n) is 5.71. The third-order valence-corrected chi connectivity index (χ3v) is 3.98. The number of hydrogen-bond acceptors (Lipinski definition) is 4. The van der Waals surface area contributed by atoms with Crippen molar-refractivity contribution in [3.05, 3.63) is 0 Å². The summed E-state index contributed by atoms with van der Waals surface area (Å²) in [7, 11) is 0. The van der Waals surface area contributed by atoms with E-state index in [0.717, 1.165) is 45.3 Å². The first-order valence-corrected chi connectivity index (χ1v) is 7.72. The van der Waals surface area contributed by atoms with E-state index in [4.69, 9.17) is 4.74 Å². The van der Waals surface area contributed by atoms with Crippen molar-refractivity contribution in [1.82, 2.24) is 10.2 Å². The van der Waals surface area contributed by atoms with Gasteiger partial charge in [-0.25, -0.2) is 0 Å². The molecule has 1 aliphatic rings. The van der Waals surface area contributed by atoms with E-state index < -0.39 is 5.54 Å². The van der Waals surface area contributed by atoms with Crippen molar-refractivity contribution in [2.24, 2.45) is 0 Å².